The van der Waals surface area contributed by atoms with Gasteiger partial charge >= 0.3 is 0 Å². The SMILES string of the molecule is OCCOc1ccc(C2(c3ccc(OCCO)c(Br)c3)c3ccccc3Cc3c2ccc2ccccc32)cc1Br. The van der Waals surface area contributed by atoms with Crippen LogP contribution in [0.4, 0.5) is 0 Å². The highest BCUT2D eigenvalue weighted by atomic mass is 79.9. The molecule has 5 aromatic rings. The van der Waals surface area contributed by atoms with Crippen molar-refractivity contribution in [1.29, 1.82) is 0 Å². The van der Waals surface area contributed by atoms with Gasteiger partial charge < -0.3 is 19.7 Å². The molecule has 6 heteroatoms. The predicted molar refractivity (Wildman–Crippen MR) is 166 cm³/mol. The maximum atomic E-state index is 9.31. The van der Waals surface area contributed by atoms with Crippen LogP contribution in [-0.4, -0.2) is 36.6 Å². The summed E-state index contributed by atoms with van der Waals surface area (Å²) < 4.78 is 13.2. The fourth-order valence-corrected chi connectivity index (χ4v) is 7.04. The lowest BCUT2D eigenvalue weighted by molar-refractivity contribution is 0.200. The molecule has 0 radical (unpaired) electrons. The molecule has 0 saturated carbocycles. The van der Waals surface area contributed by atoms with E-state index in [-0.39, 0.29) is 26.4 Å². The van der Waals surface area contributed by atoms with Crippen LogP contribution in [0.5, 0.6) is 11.5 Å². The minimum absolute atomic E-state index is 0.0509. The third-order valence-corrected chi connectivity index (χ3v) is 8.90. The summed E-state index contributed by atoms with van der Waals surface area (Å²) in [6, 6.07) is 34.3. The van der Waals surface area contributed by atoms with Crippen molar-refractivity contribution >= 4 is 42.6 Å². The first-order valence-corrected chi connectivity index (χ1v) is 14.8. The van der Waals surface area contributed by atoms with Crippen molar-refractivity contribution in [2.75, 3.05) is 26.4 Å². The summed E-state index contributed by atoms with van der Waals surface area (Å²) in [5.74, 6) is 1.37. The zero-order valence-corrected chi connectivity index (χ0v) is 24.9. The third kappa shape index (κ3) is 4.53. The van der Waals surface area contributed by atoms with Gasteiger partial charge in [-0.3, -0.25) is 0 Å². The van der Waals surface area contributed by atoms with E-state index in [4.69, 9.17) is 9.47 Å². The largest absolute Gasteiger partial charge is 0.490 e. The zero-order valence-electron chi connectivity index (χ0n) is 21.7. The molecule has 0 heterocycles. The van der Waals surface area contributed by atoms with Gasteiger partial charge in [-0.2, -0.15) is 0 Å². The maximum absolute atomic E-state index is 9.31. The summed E-state index contributed by atoms with van der Waals surface area (Å²) in [7, 11) is 0. The van der Waals surface area contributed by atoms with Gasteiger partial charge in [-0.05, 0) is 107 Å². The summed E-state index contributed by atoms with van der Waals surface area (Å²) >= 11 is 7.51. The molecule has 2 N–H and O–H groups in total. The van der Waals surface area contributed by atoms with E-state index in [0.29, 0.717) is 11.5 Å². The Morgan fingerprint density at radius 2 is 1.25 bits per heavy atom. The third-order valence-electron chi connectivity index (χ3n) is 7.66. The Morgan fingerprint density at radius 3 is 1.88 bits per heavy atom. The first-order valence-electron chi connectivity index (χ1n) is 13.2. The number of halogens is 2. The molecule has 0 spiro atoms. The van der Waals surface area contributed by atoms with Gasteiger partial charge in [0.25, 0.3) is 0 Å². The van der Waals surface area contributed by atoms with E-state index in [2.05, 4.69) is 117 Å². The van der Waals surface area contributed by atoms with Gasteiger partial charge in [0.15, 0.2) is 0 Å². The monoisotopic (exact) mass is 658 g/mol. The van der Waals surface area contributed by atoms with Gasteiger partial charge in [-0.25, -0.2) is 0 Å². The molecular formula is C34H28Br2O4. The van der Waals surface area contributed by atoms with Crippen LogP contribution in [0.1, 0.15) is 33.4 Å². The second-order valence-corrected chi connectivity index (χ2v) is 11.5. The molecule has 0 atom stereocenters. The van der Waals surface area contributed by atoms with E-state index >= 15 is 0 Å². The lowest BCUT2D eigenvalue weighted by atomic mass is 9.59. The molecule has 40 heavy (non-hydrogen) atoms. The van der Waals surface area contributed by atoms with Crippen LogP contribution in [0, 0.1) is 0 Å². The fourth-order valence-electron chi connectivity index (χ4n) is 6.06. The number of fused-ring (bicyclic) bond motifs is 4. The highest BCUT2D eigenvalue weighted by molar-refractivity contribution is 9.10. The van der Waals surface area contributed by atoms with E-state index in [1.165, 1.54) is 33.0 Å². The molecule has 1 aliphatic rings. The van der Waals surface area contributed by atoms with E-state index < -0.39 is 5.41 Å². The van der Waals surface area contributed by atoms with Crippen LogP contribution in [0.15, 0.2) is 106 Å². The van der Waals surface area contributed by atoms with Crippen molar-refractivity contribution in [3.05, 3.63) is 139 Å². The molecule has 0 amide bonds. The molecule has 1 aliphatic carbocycles. The number of hydrogen-bond donors (Lipinski definition) is 2. The van der Waals surface area contributed by atoms with Crippen molar-refractivity contribution in [2.24, 2.45) is 0 Å². The van der Waals surface area contributed by atoms with Crippen molar-refractivity contribution in [3.8, 4) is 11.5 Å². The Morgan fingerprint density at radius 1 is 0.650 bits per heavy atom. The molecule has 0 fully saturated rings. The number of rotatable bonds is 8. The van der Waals surface area contributed by atoms with E-state index in [9.17, 15) is 10.2 Å². The van der Waals surface area contributed by atoms with Crippen molar-refractivity contribution < 1.29 is 19.7 Å². The average Bonchev–Trinajstić information content (AvgIpc) is 2.98. The van der Waals surface area contributed by atoms with Crippen LogP contribution in [-0.2, 0) is 11.8 Å². The molecule has 6 rings (SSSR count). The lowest BCUT2D eigenvalue weighted by Crippen LogP contribution is -2.36. The van der Waals surface area contributed by atoms with Crippen LogP contribution >= 0.6 is 31.9 Å². The van der Waals surface area contributed by atoms with Crippen molar-refractivity contribution in [2.45, 2.75) is 11.8 Å². The maximum Gasteiger partial charge on any atom is 0.133 e. The molecule has 5 aromatic carbocycles. The summed E-state index contributed by atoms with van der Waals surface area (Å²) in [5, 5.41) is 21.1. The number of ether oxygens (including phenoxy) is 2. The molecule has 0 saturated heterocycles. The summed E-state index contributed by atoms with van der Waals surface area (Å²) in [4.78, 5) is 0. The second kappa shape index (κ2) is 11.4. The molecular weight excluding hydrogens is 632 g/mol. The van der Waals surface area contributed by atoms with Crippen LogP contribution in [0.2, 0.25) is 0 Å². The molecule has 0 aromatic heterocycles. The Balaban J connectivity index is 1.69. The van der Waals surface area contributed by atoms with Gasteiger partial charge in [-0.1, -0.05) is 72.8 Å². The minimum Gasteiger partial charge on any atom is -0.490 e. The quantitative estimate of drug-likeness (QED) is 0.179. The molecule has 0 bridgehead atoms. The zero-order chi connectivity index (χ0) is 27.7. The fraction of sp³-hybridized carbons (Fsp3) is 0.176. The Labute approximate surface area is 250 Å². The molecule has 4 nitrogen and oxygen atoms in total. The van der Waals surface area contributed by atoms with Crippen LogP contribution in [0.3, 0.4) is 0 Å². The predicted octanol–water partition coefficient (Wildman–Crippen LogP) is 7.39. The van der Waals surface area contributed by atoms with E-state index in [1.54, 1.807) is 0 Å². The first kappa shape index (κ1) is 27.0. The number of hydrogen-bond acceptors (Lipinski definition) is 4. The molecule has 202 valence electrons. The van der Waals surface area contributed by atoms with E-state index in [1.807, 2.05) is 12.1 Å². The number of benzene rings is 5. The second-order valence-electron chi connectivity index (χ2n) is 9.83. The highest BCUT2D eigenvalue weighted by Gasteiger charge is 2.44. The van der Waals surface area contributed by atoms with Crippen molar-refractivity contribution in [1.82, 2.24) is 0 Å². The van der Waals surface area contributed by atoms with Crippen LogP contribution in [0.25, 0.3) is 10.8 Å². The average molecular weight is 660 g/mol. The Hall–Kier alpha value is -3.16. The van der Waals surface area contributed by atoms with Gasteiger partial charge in [0, 0.05) is 0 Å². The normalized spacial score (nSPS) is 13.5. The first-order chi connectivity index (χ1) is 19.6. The van der Waals surface area contributed by atoms with Gasteiger partial charge in [0.05, 0.1) is 27.6 Å². The highest BCUT2D eigenvalue weighted by Crippen LogP contribution is 2.53. The Kier molecular flexibility index (Phi) is 7.69. The van der Waals surface area contributed by atoms with Gasteiger partial charge in [-0.15, -0.1) is 0 Å². The molecule has 0 aliphatic heterocycles. The lowest BCUT2D eigenvalue weighted by Gasteiger charge is -2.43. The van der Waals surface area contributed by atoms with Crippen LogP contribution < -0.4 is 9.47 Å². The topological polar surface area (TPSA) is 58.9 Å². The standard InChI is InChI=1S/C34H28Br2O4/c35-30-20-24(10-13-32(30)39-17-15-37)34(25-11-14-33(31(36)21-25)40-18-16-38)28-8-4-2-6-23(28)19-27-26-7-3-1-5-22(26)9-12-29(27)34/h1-14,20-21,37-38H,15-19H2. The minimum atomic E-state index is -0.635. The summed E-state index contributed by atoms with van der Waals surface area (Å²) in [6.45, 7) is 0.349. The van der Waals surface area contributed by atoms with Gasteiger partial charge in [0.1, 0.15) is 24.7 Å². The van der Waals surface area contributed by atoms with E-state index in [0.717, 1.165) is 26.5 Å². The number of aliphatic hydroxyl groups excluding tert-OH is 2. The van der Waals surface area contributed by atoms with Gasteiger partial charge in [0.2, 0.25) is 0 Å². The smallest absolute Gasteiger partial charge is 0.133 e. The van der Waals surface area contributed by atoms with Crippen molar-refractivity contribution in [3.63, 3.8) is 0 Å². The summed E-state index contributed by atoms with van der Waals surface area (Å²) in [5.41, 5.74) is 6.60. The Bertz CT molecular complexity index is 1640. The molecule has 0 unspecified atom stereocenters. The number of aliphatic hydroxyl groups is 2. The summed E-state index contributed by atoms with van der Waals surface area (Å²) in [6.07, 6.45) is 0.840.